The van der Waals surface area contributed by atoms with Crippen LogP contribution in [0, 0.1) is 6.92 Å². The van der Waals surface area contributed by atoms with E-state index in [1.807, 2.05) is 19.1 Å². The predicted octanol–water partition coefficient (Wildman–Crippen LogP) is 1.97. The lowest BCUT2D eigenvalue weighted by atomic mass is 10.1. The van der Waals surface area contributed by atoms with Crippen LogP contribution in [0.15, 0.2) is 16.5 Å². The average Bonchev–Trinajstić information content (AvgIpc) is 2.47. The zero-order valence-electron chi connectivity index (χ0n) is 7.54. The maximum atomic E-state index is 5.45. The fourth-order valence-corrected chi connectivity index (χ4v) is 1.11. The standard InChI is InChI=1S/C9H15NO2/c1-7(5-6-11-10)9-4-3-8(2)12-9/h3-4,7H,5-6,10H2,1-2H3/t7-/m1/s1. The molecule has 1 atom stereocenters. The molecule has 0 aliphatic carbocycles. The van der Waals surface area contributed by atoms with E-state index in [-0.39, 0.29) is 0 Å². The summed E-state index contributed by atoms with van der Waals surface area (Å²) in [6.07, 6.45) is 0.892. The van der Waals surface area contributed by atoms with Gasteiger partial charge in [0.15, 0.2) is 0 Å². The second-order valence-corrected chi connectivity index (χ2v) is 3.01. The van der Waals surface area contributed by atoms with Gasteiger partial charge < -0.3 is 9.25 Å². The summed E-state index contributed by atoms with van der Waals surface area (Å²) in [6, 6.07) is 3.96. The van der Waals surface area contributed by atoms with Gasteiger partial charge in [-0.1, -0.05) is 6.92 Å². The lowest BCUT2D eigenvalue weighted by Gasteiger charge is -2.06. The van der Waals surface area contributed by atoms with Gasteiger partial charge in [0.25, 0.3) is 0 Å². The monoisotopic (exact) mass is 169 g/mol. The van der Waals surface area contributed by atoms with Gasteiger partial charge in [0.1, 0.15) is 11.5 Å². The lowest BCUT2D eigenvalue weighted by molar-refractivity contribution is 0.129. The van der Waals surface area contributed by atoms with Gasteiger partial charge in [-0.05, 0) is 25.5 Å². The molecule has 0 bridgehead atoms. The van der Waals surface area contributed by atoms with Crippen molar-refractivity contribution in [3.05, 3.63) is 23.7 Å². The number of aryl methyl sites for hydroxylation is 1. The Kier molecular flexibility index (Phi) is 3.31. The summed E-state index contributed by atoms with van der Waals surface area (Å²) in [6.45, 7) is 4.61. The molecule has 12 heavy (non-hydrogen) atoms. The van der Waals surface area contributed by atoms with E-state index in [0.717, 1.165) is 17.9 Å². The van der Waals surface area contributed by atoms with E-state index < -0.39 is 0 Å². The first-order valence-corrected chi connectivity index (χ1v) is 4.12. The topological polar surface area (TPSA) is 48.4 Å². The van der Waals surface area contributed by atoms with Gasteiger partial charge in [-0.2, -0.15) is 0 Å². The largest absolute Gasteiger partial charge is 0.466 e. The summed E-state index contributed by atoms with van der Waals surface area (Å²) in [5, 5.41) is 0. The van der Waals surface area contributed by atoms with E-state index in [0.29, 0.717) is 12.5 Å². The Hall–Kier alpha value is -0.800. The molecule has 0 fully saturated rings. The molecule has 0 radical (unpaired) electrons. The number of rotatable bonds is 4. The summed E-state index contributed by atoms with van der Waals surface area (Å²) >= 11 is 0. The van der Waals surface area contributed by atoms with E-state index in [2.05, 4.69) is 11.8 Å². The third-order valence-corrected chi connectivity index (χ3v) is 1.92. The van der Waals surface area contributed by atoms with Crippen LogP contribution in [0.25, 0.3) is 0 Å². The van der Waals surface area contributed by atoms with Crippen LogP contribution in [0.3, 0.4) is 0 Å². The van der Waals surface area contributed by atoms with Gasteiger partial charge in [0.2, 0.25) is 0 Å². The molecule has 0 aromatic carbocycles. The van der Waals surface area contributed by atoms with Crippen LogP contribution in [0.1, 0.15) is 30.8 Å². The fraction of sp³-hybridized carbons (Fsp3) is 0.556. The molecule has 0 aliphatic rings. The molecule has 3 nitrogen and oxygen atoms in total. The van der Waals surface area contributed by atoms with Crippen LogP contribution < -0.4 is 5.90 Å². The smallest absolute Gasteiger partial charge is 0.107 e. The Bertz CT molecular complexity index is 232. The number of furan rings is 1. The fourth-order valence-electron chi connectivity index (χ4n) is 1.11. The highest BCUT2D eigenvalue weighted by Gasteiger charge is 2.08. The van der Waals surface area contributed by atoms with Crippen molar-refractivity contribution in [2.24, 2.45) is 5.90 Å². The molecule has 2 N–H and O–H groups in total. The quantitative estimate of drug-likeness (QED) is 0.701. The lowest BCUT2D eigenvalue weighted by Crippen LogP contribution is -2.04. The first-order valence-electron chi connectivity index (χ1n) is 4.12. The highest BCUT2D eigenvalue weighted by atomic mass is 16.6. The molecule has 1 heterocycles. The van der Waals surface area contributed by atoms with Crippen molar-refractivity contribution in [1.29, 1.82) is 0 Å². The molecule has 68 valence electrons. The zero-order valence-corrected chi connectivity index (χ0v) is 7.54. The van der Waals surface area contributed by atoms with Gasteiger partial charge in [0.05, 0.1) is 6.61 Å². The number of hydrogen-bond donors (Lipinski definition) is 1. The summed E-state index contributed by atoms with van der Waals surface area (Å²) in [5.74, 6) is 7.26. The average molecular weight is 169 g/mol. The van der Waals surface area contributed by atoms with Crippen molar-refractivity contribution in [1.82, 2.24) is 0 Å². The minimum absolute atomic E-state index is 0.377. The normalized spacial score (nSPS) is 13.2. The molecule has 0 amide bonds. The third-order valence-electron chi connectivity index (χ3n) is 1.92. The predicted molar refractivity (Wildman–Crippen MR) is 46.6 cm³/mol. The van der Waals surface area contributed by atoms with Crippen LogP contribution in [0.4, 0.5) is 0 Å². The second-order valence-electron chi connectivity index (χ2n) is 3.01. The Morgan fingerprint density at radius 3 is 2.83 bits per heavy atom. The van der Waals surface area contributed by atoms with Gasteiger partial charge in [-0.15, -0.1) is 0 Å². The highest BCUT2D eigenvalue weighted by Crippen LogP contribution is 2.20. The van der Waals surface area contributed by atoms with Crippen molar-refractivity contribution >= 4 is 0 Å². The maximum Gasteiger partial charge on any atom is 0.107 e. The van der Waals surface area contributed by atoms with Crippen molar-refractivity contribution in [3.63, 3.8) is 0 Å². The molecular formula is C9H15NO2. The van der Waals surface area contributed by atoms with Crippen molar-refractivity contribution in [3.8, 4) is 0 Å². The molecule has 0 saturated carbocycles. The van der Waals surface area contributed by atoms with Crippen molar-refractivity contribution < 1.29 is 9.25 Å². The van der Waals surface area contributed by atoms with Crippen molar-refractivity contribution in [2.75, 3.05) is 6.61 Å². The van der Waals surface area contributed by atoms with E-state index in [4.69, 9.17) is 10.3 Å². The van der Waals surface area contributed by atoms with E-state index >= 15 is 0 Å². The Morgan fingerprint density at radius 2 is 2.33 bits per heavy atom. The zero-order chi connectivity index (χ0) is 8.97. The Labute approximate surface area is 72.5 Å². The Balaban J connectivity index is 2.47. The van der Waals surface area contributed by atoms with Gasteiger partial charge >= 0.3 is 0 Å². The van der Waals surface area contributed by atoms with E-state index in [1.54, 1.807) is 0 Å². The molecular weight excluding hydrogens is 154 g/mol. The molecule has 0 aliphatic heterocycles. The minimum Gasteiger partial charge on any atom is -0.466 e. The van der Waals surface area contributed by atoms with Gasteiger partial charge in [-0.3, -0.25) is 0 Å². The van der Waals surface area contributed by atoms with Gasteiger partial charge in [0, 0.05) is 5.92 Å². The molecule has 3 heteroatoms. The Morgan fingerprint density at radius 1 is 1.58 bits per heavy atom. The van der Waals surface area contributed by atoms with Crippen LogP contribution in [0.5, 0.6) is 0 Å². The number of hydrogen-bond acceptors (Lipinski definition) is 3. The summed E-state index contributed by atoms with van der Waals surface area (Å²) in [7, 11) is 0. The maximum absolute atomic E-state index is 5.45. The van der Waals surface area contributed by atoms with E-state index in [9.17, 15) is 0 Å². The summed E-state index contributed by atoms with van der Waals surface area (Å²) in [4.78, 5) is 4.50. The molecule has 0 spiro atoms. The minimum atomic E-state index is 0.377. The first kappa shape index (κ1) is 9.29. The summed E-state index contributed by atoms with van der Waals surface area (Å²) < 4.78 is 5.45. The molecule has 1 aromatic rings. The van der Waals surface area contributed by atoms with Crippen molar-refractivity contribution in [2.45, 2.75) is 26.2 Å². The van der Waals surface area contributed by atoms with Crippen LogP contribution in [-0.2, 0) is 4.84 Å². The van der Waals surface area contributed by atoms with E-state index in [1.165, 1.54) is 0 Å². The molecule has 1 rings (SSSR count). The molecule has 0 saturated heterocycles. The third kappa shape index (κ3) is 2.36. The van der Waals surface area contributed by atoms with Crippen LogP contribution in [-0.4, -0.2) is 6.61 Å². The molecule has 0 unspecified atom stereocenters. The summed E-state index contributed by atoms with van der Waals surface area (Å²) in [5.41, 5.74) is 0. The highest BCUT2D eigenvalue weighted by molar-refractivity contribution is 5.09. The SMILES string of the molecule is Cc1ccc([C@H](C)CCON)o1. The second kappa shape index (κ2) is 4.28. The van der Waals surface area contributed by atoms with Gasteiger partial charge in [-0.25, -0.2) is 5.90 Å². The number of nitrogens with two attached hydrogens (primary N) is 1. The van der Waals surface area contributed by atoms with Crippen LogP contribution in [0.2, 0.25) is 0 Å². The van der Waals surface area contributed by atoms with Crippen LogP contribution >= 0.6 is 0 Å². The first-order chi connectivity index (χ1) is 5.74. The molecule has 1 aromatic heterocycles.